The molecule has 1 saturated heterocycles. The lowest BCUT2D eigenvalue weighted by Crippen LogP contribution is -2.27. The molecule has 1 aliphatic heterocycles. The van der Waals surface area contributed by atoms with Gasteiger partial charge in [0.25, 0.3) is 5.56 Å². The first kappa shape index (κ1) is 26.2. The highest BCUT2D eigenvalue weighted by molar-refractivity contribution is 7.97. The standard InChI is InChI=1S/C25H38N6O2S/c1-5-8-20(26)22-23(27-3)25(32)30-24(29-22)19-16-18(10-11-21(19)33-15-6-2)34-28-13-12-17-9-7-14-31(17)4/h10-11,16-17,26-28H,5-9,12-15H2,1-4H3,(H,29,30,32). The average molecular weight is 487 g/mol. The molecule has 34 heavy (non-hydrogen) atoms. The molecule has 0 aliphatic carbocycles. The first-order chi connectivity index (χ1) is 16.5. The number of nitrogens with zero attached hydrogens (tertiary/aromatic N) is 2. The van der Waals surface area contributed by atoms with Gasteiger partial charge >= 0.3 is 0 Å². The Morgan fingerprint density at radius 2 is 2.18 bits per heavy atom. The van der Waals surface area contributed by atoms with E-state index in [0.717, 1.165) is 36.3 Å². The number of ether oxygens (including phenoxy) is 1. The van der Waals surface area contributed by atoms with E-state index >= 15 is 0 Å². The molecule has 0 amide bonds. The summed E-state index contributed by atoms with van der Waals surface area (Å²) in [4.78, 5) is 23.8. The first-order valence-electron chi connectivity index (χ1n) is 12.2. The van der Waals surface area contributed by atoms with Crippen LogP contribution in [0, 0.1) is 5.41 Å². The van der Waals surface area contributed by atoms with Gasteiger partial charge in [-0.2, -0.15) is 4.98 Å². The number of rotatable bonds is 13. The maximum Gasteiger partial charge on any atom is 0.297 e. The van der Waals surface area contributed by atoms with Gasteiger partial charge in [0, 0.05) is 24.5 Å². The smallest absolute Gasteiger partial charge is 0.297 e. The zero-order valence-electron chi connectivity index (χ0n) is 20.8. The fourth-order valence-corrected chi connectivity index (χ4v) is 4.93. The molecule has 2 aromatic rings. The van der Waals surface area contributed by atoms with Crippen molar-refractivity contribution in [3.8, 4) is 17.1 Å². The Hall–Kier alpha value is -2.36. The normalized spacial score (nSPS) is 16.1. The van der Waals surface area contributed by atoms with E-state index in [4.69, 9.17) is 10.1 Å². The zero-order chi connectivity index (χ0) is 24.5. The fourth-order valence-electron chi connectivity index (χ4n) is 4.23. The van der Waals surface area contributed by atoms with E-state index in [9.17, 15) is 4.79 Å². The predicted molar refractivity (Wildman–Crippen MR) is 141 cm³/mol. The van der Waals surface area contributed by atoms with Crippen molar-refractivity contribution in [2.45, 2.75) is 63.3 Å². The van der Waals surface area contributed by atoms with Crippen molar-refractivity contribution in [1.82, 2.24) is 19.6 Å². The van der Waals surface area contributed by atoms with Crippen LogP contribution in [0.2, 0.25) is 0 Å². The second-order valence-electron chi connectivity index (χ2n) is 8.69. The maximum atomic E-state index is 12.8. The van der Waals surface area contributed by atoms with Crippen LogP contribution in [0.15, 0.2) is 27.9 Å². The Morgan fingerprint density at radius 1 is 1.35 bits per heavy atom. The van der Waals surface area contributed by atoms with Crippen LogP contribution in [0.5, 0.6) is 5.75 Å². The summed E-state index contributed by atoms with van der Waals surface area (Å²) in [6.07, 6.45) is 5.95. The predicted octanol–water partition coefficient (Wildman–Crippen LogP) is 4.52. The quantitative estimate of drug-likeness (QED) is 0.187. The summed E-state index contributed by atoms with van der Waals surface area (Å²) in [7, 11) is 3.88. The summed E-state index contributed by atoms with van der Waals surface area (Å²) in [6, 6.07) is 6.61. The van der Waals surface area contributed by atoms with Gasteiger partial charge in [-0.25, -0.2) is 0 Å². The molecule has 1 aromatic heterocycles. The molecule has 1 fully saturated rings. The number of likely N-dealkylation sites (tertiary alicyclic amines) is 1. The summed E-state index contributed by atoms with van der Waals surface area (Å²) in [5, 5.41) is 11.4. The summed E-state index contributed by atoms with van der Waals surface area (Å²) < 4.78 is 9.46. The molecule has 3 rings (SSSR count). The van der Waals surface area contributed by atoms with E-state index in [0.29, 0.717) is 47.7 Å². The van der Waals surface area contributed by atoms with Crippen molar-refractivity contribution in [1.29, 1.82) is 5.41 Å². The number of aromatic nitrogens is 2. The van der Waals surface area contributed by atoms with Crippen molar-refractivity contribution in [3.63, 3.8) is 0 Å². The number of hydrogen-bond donors (Lipinski definition) is 4. The van der Waals surface area contributed by atoms with Crippen LogP contribution >= 0.6 is 11.9 Å². The molecule has 1 atom stereocenters. The molecule has 0 spiro atoms. The van der Waals surface area contributed by atoms with Crippen LogP contribution in [-0.2, 0) is 0 Å². The van der Waals surface area contributed by atoms with Gasteiger partial charge < -0.3 is 25.3 Å². The van der Waals surface area contributed by atoms with Gasteiger partial charge in [0.05, 0.1) is 23.6 Å². The average Bonchev–Trinajstić information content (AvgIpc) is 3.24. The molecule has 1 aromatic carbocycles. The Labute approximate surface area is 206 Å². The number of hydrogen-bond acceptors (Lipinski definition) is 8. The SMILES string of the molecule is CCCOc1ccc(SNCCC2CCCN2C)cc1-c1nc(=O)c(NC)c(C(=N)CCC)[nH]1. The molecule has 8 nitrogen and oxygen atoms in total. The van der Waals surface area contributed by atoms with Gasteiger partial charge in [0.1, 0.15) is 17.3 Å². The Bertz CT molecular complexity index is 1020. The second-order valence-corrected chi connectivity index (χ2v) is 9.65. The first-order valence-corrected chi connectivity index (χ1v) is 13.1. The molecule has 0 radical (unpaired) electrons. The molecule has 1 aliphatic rings. The van der Waals surface area contributed by atoms with E-state index in [2.05, 4.69) is 38.9 Å². The fraction of sp³-hybridized carbons (Fsp3) is 0.560. The number of aromatic amines is 1. The third kappa shape index (κ3) is 6.61. The van der Waals surface area contributed by atoms with Crippen molar-refractivity contribution in [2.24, 2.45) is 0 Å². The monoisotopic (exact) mass is 486 g/mol. The molecule has 1 unspecified atom stereocenters. The lowest BCUT2D eigenvalue weighted by atomic mass is 10.1. The van der Waals surface area contributed by atoms with E-state index in [-0.39, 0.29) is 5.56 Å². The Balaban J connectivity index is 1.85. The molecule has 4 N–H and O–H groups in total. The summed E-state index contributed by atoms with van der Waals surface area (Å²) in [5.41, 5.74) is 1.53. The topological polar surface area (TPSA) is 106 Å². The van der Waals surface area contributed by atoms with E-state index < -0.39 is 0 Å². The van der Waals surface area contributed by atoms with Crippen molar-refractivity contribution in [2.75, 3.05) is 39.1 Å². The van der Waals surface area contributed by atoms with Gasteiger partial charge in [-0.3, -0.25) is 9.52 Å². The van der Waals surface area contributed by atoms with Crippen LogP contribution < -0.4 is 20.3 Å². The van der Waals surface area contributed by atoms with Gasteiger partial charge in [-0.15, -0.1) is 0 Å². The Kier molecular flexibility index (Phi) is 9.98. The minimum atomic E-state index is -0.384. The van der Waals surface area contributed by atoms with Crippen LogP contribution in [0.25, 0.3) is 11.4 Å². The van der Waals surface area contributed by atoms with E-state index in [1.807, 2.05) is 25.1 Å². The lowest BCUT2D eigenvalue weighted by Gasteiger charge is -2.19. The van der Waals surface area contributed by atoms with E-state index in [1.54, 1.807) is 19.0 Å². The summed E-state index contributed by atoms with van der Waals surface area (Å²) in [6.45, 7) is 6.76. The number of nitrogens with one attached hydrogen (secondary N) is 4. The molecule has 2 heterocycles. The molecule has 9 heteroatoms. The highest BCUT2D eigenvalue weighted by Gasteiger charge is 2.20. The summed E-state index contributed by atoms with van der Waals surface area (Å²) >= 11 is 1.58. The zero-order valence-corrected chi connectivity index (χ0v) is 21.6. The van der Waals surface area contributed by atoms with Crippen molar-refractivity contribution >= 4 is 23.3 Å². The molecule has 0 saturated carbocycles. The molecule has 186 valence electrons. The largest absolute Gasteiger partial charge is 0.493 e. The van der Waals surface area contributed by atoms with Crippen LogP contribution in [-0.4, -0.2) is 60.4 Å². The molecular formula is C25H38N6O2S. The van der Waals surface area contributed by atoms with Crippen molar-refractivity contribution < 1.29 is 4.74 Å². The van der Waals surface area contributed by atoms with Gasteiger partial charge in [-0.05, 0) is 75.8 Å². The van der Waals surface area contributed by atoms with Crippen molar-refractivity contribution in [3.05, 3.63) is 34.2 Å². The van der Waals surface area contributed by atoms with Crippen LogP contribution in [0.1, 0.15) is 58.1 Å². The van der Waals surface area contributed by atoms with Crippen LogP contribution in [0.3, 0.4) is 0 Å². The number of H-pyrrole nitrogens is 1. The van der Waals surface area contributed by atoms with Crippen LogP contribution in [0.4, 0.5) is 5.69 Å². The van der Waals surface area contributed by atoms with Gasteiger partial charge in [0.2, 0.25) is 0 Å². The third-order valence-corrected chi connectivity index (χ3v) is 6.92. The minimum absolute atomic E-state index is 0.322. The lowest BCUT2D eigenvalue weighted by molar-refractivity contribution is 0.298. The second kappa shape index (κ2) is 12.9. The maximum absolute atomic E-state index is 12.8. The molecule has 0 bridgehead atoms. The minimum Gasteiger partial charge on any atom is -0.493 e. The number of anilines is 1. The molecular weight excluding hydrogens is 448 g/mol. The third-order valence-electron chi connectivity index (χ3n) is 6.08. The Morgan fingerprint density at radius 3 is 2.85 bits per heavy atom. The highest BCUT2D eigenvalue weighted by Crippen LogP contribution is 2.32. The van der Waals surface area contributed by atoms with Gasteiger partial charge in [-0.1, -0.05) is 20.3 Å². The van der Waals surface area contributed by atoms with Gasteiger partial charge in [0.15, 0.2) is 0 Å². The summed E-state index contributed by atoms with van der Waals surface area (Å²) in [5.74, 6) is 1.09. The number of benzene rings is 1. The highest BCUT2D eigenvalue weighted by atomic mass is 32.2. The van der Waals surface area contributed by atoms with E-state index in [1.165, 1.54) is 19.4 Å².